The van der Waals surface area contributed by atoms with Crippen LogP contribution in [0, 0.1) is 0 Å². The number of ether oxygens (including phenoxy) is 1. The van der Waals surface area contributed by atoms with Gasteiger partial charge in [-0.3, -0.25) is 9.48 Å². The van der Waals surface area contributed by atoms with E-state index in [2.05, 4.69) is 5.10 Å². The molecule has 1 N–H and O–H groups in total. The van der Waals surface area contributed by atoms with Gasteiger partial charge < -0.3 is 14.7 Å². The van der Waals surface area contributed by atoms with E-state index < -0.39 is 11.4 Å². The average Bonchev–Trinajstić information content (AvgIpc) is 3.18. The molecule has 1 amide bonds. The molecule has 0 saturated carbocycles. The van der Waals surface area contributed by atoms with Gasteiger partial charge in [0.05, 0.1) is 30.3 Å². The Morgan fingerprint density at radius 1 is 1.19 bits per heavy atom. The highest BCUT2D eigenvalue weighted by Crippen LogP contribution is 2.30. The van der Waals surface area contributed by atoms with Crippen LogP contribution in [0.25, 0.3) is 0 Å². The normalized spacial score (nSPS) is 15.6. The maximum Gasteiger partial charge on any atom is 0.338 e. The zero-order chi connectivity index (χ0) is 19.6. The van der Waals surface area contributed by atoms with Crippen molar-refractivity contribution in [1.82, 2.24) is 14.7 Å². The molecule has 1 aliphatic heterocycles. The van der Waals surface area contributed by atoms with Gasteiger partial charge >= 0.3 is 5.97 Å². The van der Waals surface area contributed by atoms with Gasteiger partial charge in [-0.25, -0.2) is 4.79 Å². The first-order chi connectivity index (χ1) is 12.8. The molecule has 0 aliphatic carbocycles. The summed E-state index contributed by atoms with van der Waals surface area (Å²) in [7, 11) is 1.62. The molecule has 144 valence electrons. The second kappa shape index (κ2) is 7.42. The number of carboxylic acids is 1. The molecule has 27 heavy (non-hydrogen) atoms. The smallest absolute Gasteiger partial charge is 0.338 e. The predicted molar refractivity (Wildman–Crippen MR) is 100 cm³/mol. The summed E-state index contributed by atoms with van der Waals surface area (Å²) in [6.07, 6.45) is 4.44. The zero-order valence-electron chi connectivity index (χ0n) is 15.9. The van der Waals surface area contributed by atoms with Gasteiger partial charge in [0.2, 0.25) is 5.91 Å². The van der Waals surface area contributed by atoms with Gasteiger partial charge in [0, 0.05) is 19.3 Å². The number of benzene rings is 1. The molecular weight excluding hydrogens is 346 g/mol. The maximum atomic E-state index is 13.1. The molecule has 2 aromatic rings. The van der Waals surface area contributed by atoms with Crippen LogP contribution in [0.15, 0.2) is 36.7 Å². The van der Waals surface area contributed by atoms with E-state index in [-0.39, 0.29) is 17.5 Å². The lowest BCUT2D eigenvalue weighted by Gasteiger charge is -2.37. The van der Waals surface area contributed by atoms with Crippen LogP contribution in [0.5, 0.6) is 5.75 Å². The molecule has 0 radical (unpaired) electrons. The molecule has 1 fully saturated rings. The Balaban J connectivity index is 1.65. The standard InChI is InChI=1S/C20H25N3O4/c1-20(2,15-4-6-17(27-3)7-5-15)19(26)22-10-8-16(9-11-22)23-13-14(12-21-23)18(24)25/h4-7,12-13,16H,8-11H2,1-3H3,(H,24,25). The first-order valence-electron chi connectivity index (χ1n) is 9.04. The van der Waals surface area contributed by atoms with Crippen molar-refractivity contribution in [2.45, 2.75) is 38.1 Å². The number of nitrogens with zero attached hydrogens (tertiary/aromatic N) is 3. The lowest BCUT2D eigenvalue weighted by Crippen LogP contribution is -2.47. The fourth-order valence-electron chi connectivity index (χ4n) is 3.51. The first kappa shape index (κ1) is 18.9. The number of carboxylic acid groups (broad SMARTS) is 1. The number of hydrogen-bond donors (Lipinski definition) is 1. The van der Waals surface area contributed by atoms with Crippen LogP contribution in [-0.2, 0) is 10.2 Å². The van der Waals surface area contributed by atoms with Crippen molar-refractivity contribution in [3.8, 4) is 5.75 Å². The number of aromatic carboxylic acids is 1. The van der Waals surface area contributed by atoms with E-state index >= 15 is 0 Å². The Bertz CT molecular complexity index is 818. The minimum Gasteiger partial charge on any atom is -0.497 e. The quantitative estimate of drug-likeness (QED) is 0.874. The second-order valence-corrected chi connectivity index (χ2v) is 7.39. The number of aromatic nitrogens is 2. The number of methoxy groups -OCH3 is 1. The van der Waals surface area contributed by atoms with Gasteiger partial charge in [-0.05, 0) is 44.4 Å². The molecule has 7 heteroatoms. The van der Waals surface area contributed by atoms with Crippen molar-refractivity contribution in [1.29, 1.82) is 0 Å². The summed E-state index contributed by atoms with van der Waals surface area (Å²) in [5.41, 5.74) is 0.518. The molecule has 1 aliphatic rings. The monoisotopic (exact) mass is 371 g/mol. The molecule has 1 aromatic carbocycles. The minimum absolute atomic E-state index is 0.0952. The Morgan fingerprint density at radius 3 is 2.33 bits per heavy atom. The van der Waals surface area contributed by atoms with E-state index in [0.717, 1.165) is 24.2 Å². The lowest BCUT2D eigenvalue weighted by atomic mass is 9.82. The molecule has 1 saturated heterocycles. The highest BCUT2D eigenvalue weighted by atomic mass is 16.5. The first-order valence-corrected chi connectivity index (χ1v) is 9.04. The fraction of sp³-hybridized carbons (Fsp3) is 0.450. The SMILES string of the molecule is COc1ccc(C(C)(C)C(=O)N2CCC(n3cc(C(=O)O)cn3)CC2)cc1. The summed E-state index contributed by atoms with van der Waals surface area (Å²) < 4.78 is 6.90. The summed E-state index contributed by atoms with van der Waals surface area (Å²) in [5, 5.41) is 13.2. The van der Waals surface area contributed by atoms with E-state index in [9.17, 15) is 9.59 Å². The number of piperidine rings is 1. The second-order valence-electron chi connectivity index (χ2n) is 7.39. The third-order valence-corrected chi connectivity index (χ3v) is 5.32. The van der Waals surface area contributed by atoms with Crippen molar-refractivity contribution >= 4 is 11.9 Å². The van der Waals surface area contributed by atoms with Crippen LogP contribution in [0.2, 0.25) is 0 Å². The Morgan fingerprint density at radius 2 is 1.81 bits per heavy atom. The summed E-state index contributed by atoms with van der Waals surface area (Å²) >= 11 is 0. The van der Waals surface area contributed by atoms with Gasteiger partial charge in [0.1, 0.15) is 5.75 Å². The van der Waals surface area contributed by atoms with Crippen LogP contribution in [0.4, 0.5) is 0 Å². The Kier molecular flexibility index (Phi) is 5.21. The summed E-state index contributed by atoms with van der Waals surface area (Å²) in [6.45, 7) is 5.14. The highest BCUT2D eigenvalue weighted by Gasteiger charge is 2.35. The van der Waals surface area contributed by atoms with Crippen LogP contribution in [0.1, 0.15) is 48.7 Å². The topological polar surface area (TPSA) is 84.7 Å². The largest absolute Gasteiger partial charge is 0.497 e. The minimum atomic E-state index is -0.977. The number of carbonyl (C=O) groups excluding carboxylic acids is 1. The van der Waals surface area contributed by atoms with E-state index in [1.54, 1.807) is 18.0 Å². The number of hydrogen-bond acceptors (Lipinski definition) is 4. The molecule has 2 heterocycles. The molecular formula is C20H25N3O4. The molecule has 7 nitrogen and oxygen atoms in total. The van der Waals surface area contributed by atoms with E-state index in [4.69, 9.17) is 9.84 Å². The number of carbonyl (C=O) groups is 2. The Hall–Kier alpha value is -2.83. The molecule has 0 spiro atoms. The third-order valence-electron chi connectivity index (χ3n) is 5.32. The molecule has 0 unspecified atom stereocenters. The predicted octanol–water partition coefficient (Wildman–Crippen LogP) is 2.73. The van der Waals surface area contributed by atoms with Crippen molar-refractivity contribution in [3.05, 3.63) is 47.8 Å². The van der Waals surface area contributed by atoms with Gasteiger partial charge in [-0.15, -0.1) is 0 Å². The summed E-state index contributed by atoms with van der Waals surface area (Å²) in [4.78, 5) is 26.0. The van der Waals surface area contributed by atoms with E-state index in [0.29, 0.717) is 13.1 Å². The van der Waals surface area contributed by atoms with E-state index in [1.165, 1.54) is 6.20 Å². The molecule has 3 rings (SSSR count). The van der Waals surface area contributed by atoms with Crippen LogP contribution in [0.3, 0.4) is 0 Å². The average molecular weight is 371 g/mol. The van der Waals surface area contributed by atoms with Gasteiger partial charge in [-0.1, -0.05) is 12.1 Å². The van der Waals surface area contributed by atoms with Crippen molar-refractivity contribution in [2.24, 2.45) is 0 Å². The van der Waals surface area contributed by atoms with Crippen LogP contribution >= 0.6 is 0 Å². The van der Waals surface area contributed by atoms with E-state index in [1.807, 2.05) is 43.0 Å². The van der Waals surface area contributed by atoms with Crippen molar-refractivity contribution in [2.75, 3.05) is 20.2 Å². The lowest BCUT2D eigenvalue weighted by molar-refractivity contribution is -0.137. The number of rotatable bonds is 5. The maximum absolute atomic E-state index is 13.1. The van der Waals surface area contributed by atoms with Gasteiger partial charge in [0.15, 0.2) is 0 Å². The van der Waals surface area contributed by atoms with Crippen molar-refractivity contribution < 1.29 is 19.4 Å². The molecule has 1 aromatic heterocycles. The van der Waals surface area contributed by atoms with Crippen molar-refractivity contribution in [3.63, 3.8) is 0 Å². The zero-order valence-corrected chi connectivity index (χ0v) is 15.9. The number of likely N-dealkylation sites (tertiary alicyclic amines) is 1. The number of amides is 1. The third kappa shape index (κ3) is 3.82. The van der Waals surface area contributed by atoms with Gasteiger partial charge in [0.25, 0.3) is 0 Å². The molecule has 0 atom stereocenters. The summed E-state index contributed by atoms with van der Waals surface area (Å²) in [6, 6.07) is 7.72. The van der Waals surface area contributed by atoms with Gasteiger partial charge in [-0.2, -0.15) is 5.10 Å². The van der Waals surface area contributed by atoms with Crippen LogP contribution < -0.4 is 4.74 Å². The molecule has 0 bridgehead atoms. The fourth-order valence-corrected chi connectivity index (χ4v) is 3.51. The van der Waals surface area contributed by atoms with Crippen LogP contribution in [-0.4, -0.2) is 51.9 Å². The highest BCUT2D eigenvalue weighted by molar-refractivity contribution is 5.87. The summed E-state index contributed by atoms with van der Waals surface area (Å²) in [5.74, 6) is -0.115. The Labute approximate surface area is 158 Å².